The van der Waals surface area contributed by atoms with Gasteiger partial charge in [-0.25, -0.2) is 15.0 Å². The van der Waals surface area contributed by atoms with Crippen molar-refractivity contribution in [3.8, 4) is 39.9 Å². The van der Waals surface area contributed by atoms with Crippen LogP contribution in [-0.2, 0) is 0 Å². The number of thiophene rings is 2. The summed E-state index contributed by atoms with van der Waals surface area (Å²) in [6, 6.07) is 41.8. The summed E-state index contributed by atoms with van der Waals surface area (Å²) in [5.41, 5.74) is 4.74. The van der Waals surface area contributed by atoms with Crippen molar-refractivity contribution in [2.45, 2.75) is 0 Å². The second-order valence-corrected chi connectivity index (χ2v) is 14.6. The average molecular weight is 692 g/mol. The molecule has 4 heterocycles. The number of hydrogen-bond donors (Lipinski definition) is 0. The molecule has 0 saturated carbocycles. The first kappa shape index (κ1) is 24.0. The summed E-state index contributed by atoms with van der Waals surface area (Å²) in [5, 5.41) is 6.82. The Balaban J connectivity index is 1.18. The van der Waals surface area contributed by atoms with E-state index in [-0.39, 0.29) is 23.5 Å². The third-order valence-electron chi connectivity index (χ3n) is 9.56. The van der Waals surface area contributed by atoms with Crippen LogP contribution in [0.15, 0.2) is 158 Å². The molecule has 51 heavy (non-hydrogen) atoms. The lowest BCUT2D eigenvalue weighted by molar-refractivity contribution is 1.08. The molecule has 0 N–H and O–H groups in total. The molecule has 0 spiro atoms. The van der Waals surface area contributed by atoms with Crippen LogP contribution in [0, 0.1) is 0 Å². The largest absolute Gasteiger partial charge is 0.309 e. The smallest absolute Gasteiger partial charge is 0.165 e. The SMILES string of the molecule is [2H]c1c([2H])c([2H])c(-c2nc(-c3ccc4c(c3)sc3ccccc34)nc(-c3cccc4c3sc3cccc(-n5c6ccccc6c6ccccc65)c34)n2)c([2H])c1[2H]. The fourth-order valence-corrected chi connectivity index (χ4v) is 9.72. The number of hydrogen-bond acceptors (Lipinski definition) is 5. The van der Waals surface area contributed by atoms with E-state index in [4.69, 9.17) is 21.8 Å². The van der Waals surface area contributed by atoms with Crippen LogP contribution in [0.1, 0.15) is 6.85 Å². The van der Waals surface area contributed by atoms with Crippen LogP contribution in [0.25, 0.3) is 102 Å². The normalized spacial score (nSPS) is 13.3. The van der Waals surface area contributed by atoms with Crippen LogP contribution in [0.3, 0.4) is 0 Å². The van der Waals surface area contributed by atoms with Crippen molar-refractivity contribution in [1.82, 2.24) is 19.5 Å². The van der Waals surface area contributed by atoms with E-state index in [1.165, 1.54) is 20.9 Å². The van der Waals surface area contributed by atoms with Gasteiger partial charge in [0.25, 0.3) is 0 Å². The van der Waals surface area contributed by atoms with Crippen LogP contribution in [0.2, 0.25) is 0 Å². The quantitative estimate of drug-likeness (QED) is 0.184. The van der Waals surface area contributed by atoms with Gasteiger partial charge in [-0.05, 0) is 42.5 Å². The summed E-state index contributed by atoms with van der Waals surface area (Å²) in [6.45, 7) is 0. The summed E-state index contributed by atoms with van der Waals surface area (Å²) in [4.78, 5) is 14.8. The van der Waals surface area contributed by atoms with Crippen LogP contribution in [0.5, 0.6) is 0 Å². The lowest BCUT2D eigenvalue weighted by Crippen LogP contribution is -2.00. The molecule has 11 rings (SSSR count). The van der Waals surface area contributed by atoms with Gasteiger partial charge in [-0.2, -0.15) is 0 Å². The predicted molar refractivity (Wildman–Crippen MR) is 216 cm³/mol. The summed E-state index contributed by atoms with van der Waals surface area (Å²) >= 11 is 3.34. The van der Waals surface area contributed by atoms with Crippen LogP contribution in [0.4, 0.5) is 0 Å². The second kappa shape index (κ2) is 11.2. The summed E-state index contributed by atoms with van der Waals surface area (Å²) < 4.78 is 49.4. The van der Waals surface area contributed by atoms with E-state index < -0.39 is 18.1 Å². The molecule has 0 radical (unpaired) electrons. The Labute approximate surface area is 307 Å². The van der Waals surface area contributed by atoms with E-state index in [9.17, 15) is 0 Å². The average Bonchev–Trinajstić information content (AvgIpc) is 3.91. The number of fused-ring (bicyclic) bond motifs is 9. The van der Waals surface area contributed by atoms with Crippen molar-refractivity contribution in [2.24, 2.45) is 0 Å². The minimum absolute atomic E-state index is 0.0162. The molecule has 0 unspecified atom stereocenters. The molecule has 4 aromatic heterocycles. The Morgan fingerprint density at radius 3 is 1.90 bits per heavy atom. The maximum absolute atomic E-state index is 8.83. The van der Waals surface area contributed by atoms with Crippen molar-refractivity contribution >= 4 is 84.8 Å². The first-order valence-electron chi connectivity index (χ1n) is 19.0. The van der Waals surface area contributed by atoms with Gasteiger partial charge in [-0.3, -0.25) is 0 Å². The molecule has 7 aromatic carbocycles. The van der Waals surface area contributed by atoms with Gasteiger partial charge in [0.05, 0.1) is 23.6 Å². The van der Waals surface area contributed by atoms with Crippen molar-refractivity contribution < 1.29 is 6.85 Å². The molecule has 0 aliphatic carbocycles. The Morgan fingerprint density at radius 1 is 0.471 bits per heavy atom. The van der Waals surface area contributed by atoms with Crippen LogP contribution in [-0.4, -0.2) is 19.5 Å². The molecule has 4 nitrogen and oxygen atoms in total. The Hall–Kier alpha value is -6.21. The van der Waals surface area contributed by atoms with Crippen LogP contribution < -0.4 is 0 Å². The Morgan fingerprint density at radius 2 is 1.10 bits per heavy atom. The lowest BCUT2D eigenvalue weighted by atomic mass is 10.1. The number of rotatable bonds is 4. The molecule has 0 saturated heterocycles. The standard InChI is InChI=1S/C45H26N4S2/c1-2-12-27(13-3-1)43-46-44(28-24-25-32-31-16-6-9-22-38(31)50-40(32)26-28)48-45(47-43)34-18-10-17-33-41-37(21-11-23-39(41)51-42(33)34)49-35-19-7-4-14-29(35)30-15-5-8-20-36(30)49/h1-26H/i1D,2D,3D,12D,13D. The zero-order chi connectivity index (χ0) is 37.8. The highest BCUT2D eigenvalue weighted by atomic mass is 32.1. The number of nitrogens with zero attached hydrogens (tertiary/aromatic N) is 4. The van der Waals surface area contributed by atoms with Crippen molar-refractivity contribution in [3.05, 3.63) is 158 Å². The van der Waals surface area contributed by atoms with Gasteiger partial charge in [0.1, 0.15) is 0 Å². The topological polar surface area (TPSA) is 43.6 Å². The molecule has 11 aromatic rings. The highest BCUT2D eigenvalue weighted by Crippen LogP contribution is 2.44. The van der Waals surface area contributed by atoms with Crippen LogP contribution >= 0.6 is 22.7 Å². The van der Waals surface area contributed by atoms with Gasteiger partial charge in [0.15, 0.2) is 17.5 Å². The summed E-state index contributed by atoms with van der Waals surface area (Å²) in [6.07, 6.45) is 0. The van der Waals surface area contributed by atoms with Gasteiger partial charge in [0.2, 0.25) is 0 Å². The molecule has 0 aliphatic rings. The molecule has 0 fully saturated rings. The fraction of sp³-hybridized carbons (Fsp3) is 0. The van der Waals surface area contributed by atoms with Gasteiger partial charge >= 0.3 is 0 Å². The third-order valence-corrected chi connectivity index (χ3v) is 11.9. The minimum Gasteiger partial charge on any atom is -0.309 e. The zero-order valence-corrected chi connectivity index (χ0v) is 28.4. The summed E-state index contributed by atoms with van der Waals surface area (Å²) in [5.74, 6) is 0.714. The third kappa shape index (κ3) is 4.40. The van der Waals surface area contributed by atoms with E-state index in [2.05, 4.69) is 102 Å². The van der Waals surface area contributed by atoms with E-state index in [0.717, 1.165) is 58.1 Å². The number of benzene rings is 7. The maximum atomic E-state index is 8.83. The van der Waals surface area contributed by atoms with E-state index >= 15 is 0 Å². The van der Waals surface area contributed by atoms with Gasteiger partial charge in [0, 0.05) is 67.8 Å². The first-order valence-corrected chi connectivity index (χ1v) is 18.2. The van der Waals surface area contributed by atoms with Gasteiger partial charge < -0.3 is 4.57 Å². The monoisotopic (exact) mass is 691 g/mol. The molecule has 0 bridgehead atoms. The van der Waals surface area contributed by atoms with Gasteiger partial charge in [-0.1, -0.05) is 115 Å². The highest BCUT2D eigenvalue weighted by molar-refractivity contribution is 7.26. The Kier molecular flexibility index (Phi) is 5.25. The molecular formula is C45H26N4S2. The van der Waals surface area contributed by atoms with Crippen molar-refractivity contribution in [2.75, 3.05) is 0 Å². The molecular weight excluding hydrogens is 661 g/mol. The first-order chi connectivity index (χ1) is 27.4. The summed E-state index contributed by atoms with van der Waals surface area (Å²) in [7, 11) is 0. The highest BCUT2D eigenvalue weighted by Gasteiger charge is 2.20. The lowest BCUT2D eigenvalue weighted by Gasteiger charge is -2.11. The fourth-order valence-electron chi connectivity index (χ4n) is 7.34. The van der Waals surface area contributed by atoms with E-state index in [0.29, 0.717) is 11.6 Å². The van der Waals surface area contributed by atoms with Crippen molar-refractivity contribution in [1.29, 1.82) is 0 Å². The second-order valence-electron chi connectivity index (χ2n) is 12.4. The van der Waals surface area contributed by atoms with Crippen molar-refractivity contribution in [3.63, 3.8) is 0 Å². The van der Waals surface area contributed by atoms with E-state index in [1.807, 2.05) is 30.3 Å². The zero-order valence-electron chi connectivity index (χ0n) is 31.7. The molecule has 0 atom stereocenters. The molecule has 0 amide bonds. The number of para-hydroxylation sites is 2. The molecule has 238 valence electrons. The number of aromatic nitrogens is 4. The molecule has 0 aliphatic heterocycles. The maximum Gasteiger partial charge on any atom is 0.165 e. The Bertz CT molecular complexity index is 3380. The molecule has 6 heteroatoms. The van der Waals surface area contributed by atoms with Gasteiger partial charge in [-0.15, -0.1) is 22.7 Å². The predicted octanol–water partition coefficient (Wildman–Crippen LogP) is 12.7. The van der Waals surface area contributed by atoms with E-state index in [1.54, 1.807) is 22.7 Å². The minimum atomic E-state index is -0.470.